The van der Waals surface area contributed by atoms with Crippen molar-refractivity contribution in [1.82, 2.24) is 0 Å². The molecule has 0 aliphatic rings. The maximum atomic E-state index is 10.9. The van der Waals surface area contributed by atoms with Crippen LogP contribution in [0.5, 0.6) is 0 Å². The highest BCUT2D eigenvalue weighted by Crippen LogP contribution is 2.04. The first-order chi connectivity index (χ1) is 5.63. The summed E-state index contributed by atoms with van der Waals surface area (Å²) in [6.45, 7) is 1.42. The van der Waals surface area contributed by atoms with Gasteiger partial charge in [-0.05, 0) is 13.3 Å². The van der Waals surface area contributed by atoms with Gasteiger partial charge in [0.05, 0.1) is 18.1 Å². The fraction of sp³-hybridized carbons (Fsp3) is 1.00. The minimum Gasteiger partial charge on any atom is -0.270 e. The third kappa shape index (κ3) is 6.97. The highest BCUT2D eigenvalue weighted by molar-refractivity contribution is 7.91. The lowest BCUT2D eigenvalue weighted by atomic mass is 10.3. The summed E-state index contributed by atoms with van der Waals surface area (Å²) in [5.74, 6) is 0. The molecule has 0 heterocycles. The largest absolute Gasteiger partial charge is 0.270 e. The highest BCUT2D eigenvalue weighted by Gasteiger charge is 2.15. The summed E-state index contributed by atoms with van der Waals surface area (Å²) < 4.78 is 47.1. The van der Waals surface area contributed by atoms with Gasteiger partial charge in [-0.2, -0.15) is 8.42 Å². The molecular formula is C6H14O5S2. The second kappa shape index (κ2) is 4.39. The third-order valence-electron chi connectivity index (χ3n) is 1.55. The average Bonchev–Trinajstić information content (AvgIpc) is 1.82. The molecule has 0 rings (SSSR count). The van der Waals surface area contributed by atoms with Gasteiger partial charge < -0.3 is 0 Å². The molecule has 0 N–H and O–H groups in total. The normalized spacial score (nSPS) is 15.6. The summed E-state index contributed by atoms with van der Waals surface area (Å²) in [7, 11) is -6.56. The van der Waals surface area contributed by atoms with Crippen LogP contribution in [0, 0.1) is 0 Å². The summed E-state index contributed by atoms with van der Waals surface area (Å²) in [5, 5.41) is -0.575. The Labute approximate surface area is 79.1 Å². The van der Waals surface area contributed by atoms with E-state index in [4.69, 9.17) is 0 Å². The zero-order valence-electron chi connectivity index (χ0n) is 7.85. The molecule has 0 aromatic carbocycles. The minimum absolute atomic E-state index is 0.0902. The first-order valence-corrected chi connectivity index (χ1v) is 7.43. The Kier molecular flexibility index (Phi) is 4.34. The van der Waals surface area contributed by atoms with Gasteiger partial charge in [0.25, 0.3) is 10.1 Å². The Morgan fingerprint density at radius 2 is 1.62 bits per heavy atom. The summed E-state index contributed by atoms with van der Waals surface area (Å²) in [6, 6.07) is 0. The van der Waals surface area contributed by atoms with Gasteiger partial charge in [0.2, 0.25) is 0 Å². The van der Waals surface area contributed by atoms with Crippen molar-refractivity contribution < 1.29 is 21.0 Å². The minimum atomic E-state index is -3.46. The van der Waals surface area contributed by atoms with Gasteiger partial charge in [-0.15, -0.1) is 0 Å². The predicted octanol–water partition coefficient (Wildman–Crippen LogP) is -0.214. The highest BCUT2D eigenvalue weighted by atomic mass is 32.2. The molecule has 0 spiro atoms. The van der Waals surface area contributed by atoms with Crippen LogP contribution in [-0.4, -0.2) is 41.2 Å². The van der Waals surface area contributed by atoms with E-state index in [0.717, 1.165) is 12.5 Å². The molecule has 0 saturated heterocycles. The van der Waals surface area contributed by atoms with E-state index in [9.17, 15) is 16.8 Å². The number of sulfone groups is 1. The summed E-state index contributed by atoms with van der Waals surface area (Å²) in [4.78, 5) is 0. The van der Waals surface area contributed by atoms with Crippen molar-refractivity contribution in [3.05, 3.63) is 0 Å². The molecule has 0 amide bonds. The lowest BCUT2D eigenvalue weighted by molar-refractivity contribution is 0.314. The van der Waals surface area contributed by atoms with Crippen molar-refractivity contribution in [1.29, 1.82) is 0 Å². The molecule has 5 nitrogen and oxygen atoms in total. The van der Waals surface area contributed by atoms with E-state index in [2.05, 4.69) is 4.18 Å². The first-order valence-electron chi connectivity index (χ1n) is 3.66. The van der Waals surface area contributed by atoms with Crippen LogP contribution in [0.1, 0.15) is 13.3 Å². The van der Waals surface area contributed by atoms with Gasteiger partial charge in [0.15, 0.2) is 0 Å². The molecule has 1 atom stereocenters. The molecule has 0 fully saturated rings. The number of hydrogen-bond donors (Lipinski definition) is 0. The van der Waals surface area contributed by atoms with E-state index in [1.807, 2.05) is 0 Å². The second-order valence-electron chi connectivity index (χ2n) is 2.95. The van der Waals surface area contributed by atoms with Crippen LogP contribution < -0.4 is 0 Å². The van der Waals surface area contributed by atoms with E-state index >= 15 is 0 Å². The Hall–Kier alpha value is -0.140. The molecule has 80 valence electrons. The Morgan fingerprint density at radius 3 is 1.92 bits per heavy atom. The monoisotopic (exact) mass is 230 g/mol. The van der Waals surface area contributed by atoms with Gasteiger partial charge >= 0.3 is 0 Å². The van der Waals surface area contributed by atoms with Crippen molar-refractivity contribution in [2.75, 3.05) is 19.1 Å². The Bertz CT molecular complexity index is 339. The predicted molar refractivity (Wildman–Crippen MR) is 49.7 cm³/mol. The van der Waals surface area contributed by atoms with E-state index < -0.39 is 25.2 Å². The zero-order valence-corrected chi connectivity index (χ0v) is 9.48. The van der Waals surface area contributed by atoms with Crippen LogP contribution in [0.25, 0.3) is 0 Å². The summed E-state index contributed by atoms with van der Waals surface area (Å²) >= 11 is 0. The topological polar surface area (TPSA) is 77.5 Å². The average molecular weight is 230 g/mol. The molecule has 0 unspecified atom stereocenters. The van der Waals surface area contributed by atoms with Gasteiger partial charge in [0, 0.05) is 6.26 Å². The molecule has 0 aromatic rings. The lowest BCUT2D eigenvalue weighted by Crippen LogP contribution is -2.19. The molecule has 0 aromatic heterocycles. The molecule has 0 bridgehead atoms. The van der Waals surface area contributed by atoms with Crippen LogP contribution in [0.2, 0.25) is 0 Å². The van der Waals surface area contributed by atoms with Crippen LogP contribution in [0.3, 0.4) is 0 Å². The van der Waals surface area contributed by atoms with Gasteiger partial charge in [0.1, 0.15) is 9.84 Å². The Morgan fingerprint density at radius 1 is 1.15 bits per heavy atom. The van der Waals surface area contributed by atoms with E-state index in [-0.39, 0.29) is 13.0 Å². The van der Waals surface area contributed by atoms with Gasteiger partial charge in [-0.1, -0.05) is 0 Å². The quantitative estimate of drug-likeness (QED) is 0.610. The molecule has 0 saturated carbocycles. The molecular weight excluding hydrogens is 216 g/mol. The maximum absolute atomic E-state index is 10.9. The Balaban J connectivity index is 3.94. The van der Waals surface area contributed by atoms with Crippen LogP contribution in [0.15, 0.2) is 0 Å². The number of hydrogen-bond acceptors (Lipinski definition) is 5. The van der Waals surface area contributed by atoms with Crippen molar-refractivity contribution in [3.8, 4) is 0 Å². The van der Waals surface area contributed by atoms with Crippen molar-refractivity contribution in [3.63, 3.8) is 0 Å². The van der Waals surface area contributed by atoms with Crippen LogP contribution >= 0.6 is 0 Å². The first kappa shape index (κ1) is 12.9. The fourth-order valence-electron chi connectivity index (χ4n) is 0.580. The van der Waals surface area contributed by atoms with Gasteiger partial charge in [-0.25, -0.2) is 8.42 Å². The summed E-state index contributed by atoms with van der Waals surface area (Å²) in [6.07, 6.45) is 2.22. The van der Waals surface area contributed by atoms with Crippen molar-refractivity contribution in [2.45, 2.75) is 18.6 Å². The number of rotatable bonds is 5. The van der Waals surface area contributed by atoms with E-state index in [1.54, 1.807) is 0 Å². The van der Waals surface area contributed by atoms with E-state index in [1.165, 1.54) is 6.92 Å². The fourth-order valence-corrected chi connectivity index (χ4v) is 1.50. The molecule has 0 aliphatic heterocycles. The van der Waals surface area contributed by atoms with Crippen LogP contribution in [0.4, 0.5) is 0 Å². The molecule has 0 aliphatic carbocycles. The molecule has 7 heteroatoms. The van der Waals surface area contributed by atoms with Crippen molar-refractivity contribution >= 4 is 20.0 Å². The molecule has 0 radical (unpaired) electrons. The third-order valence-corrected chi connectivity index (χ3v) is 3.85. The SMILES string of the molecule is C[C@H](CCOS(C)(=O)=O)S(C)(=O)=O. The van der Waals surface area contributed by atoms with Gasteiger partial charge in [-0.3, -0.25) is 4.18 Å². The van der Waals surface area contributed by atoms with Crippen LogP contribution in [-0.2, 0) is 24.1 Å². The molecule has 13 heavy (non-hydrogen) atoms. The standard InChI is InChI=1S/C6H14O5S2/c1-6(12(2,7)8)4-5-11-13(3,9)10/h6H,4-5H2,1-3H3/t6-/m1/s1. The van der Waals surface area contributed by atoms with Crippen molar-refractivity contribution in [2.24, 2.45) is 0 Å². The second-order valence-corrected chi connectivity index (χ2v) is 7.06. The maximum Gasteiger partial charge on any atom is 0.264 e. The lowest BCUT2D eigenvalue weighted by Gasteiger charge is -2.07. The van der Waals surface area contributed by atoms with E-state index in [0.29, 0.717) is 0 Å². The summed E-state index contributed by atoms with van der Waals surface area (Å²) in [5.41, 5.74) is 0. The zero-order chi connectivity index (χ0) is 10.7. The smallest absolute Gasteiger partial charge is 0.264 e.